The van der Waals surface area contributed by atoms with E-state index in [0.29, 0.717) is 5.92 Å². The van der Waals surface area contributed by atoms with Gasteiger partial charge in [-0.1, -0.05) is 46.3 Å². The summed E-state index contributed by atoms with van der Waals surface area (Å²) in [4.78, 5) is 0.891. The van der Waals surface area contributed by atoms with Gasteiger partial charge in [-0.2, -0.15) is 0 Å². The summed E-state index contributed by atoms with van der Waals surface area (Å²) >= 11 is 4.15. The molecular weight excluding hydrogens is 216 g/mol. The first-order valence-electron chi connectivity index (χ1n) is 6.27. The van der Waals surface area contributed by atoms with Crippen LogP contribution in [0.1, 0.15) is 52.4 Å². The van der Waals surface area contributed by atoms with Gasteiger partial charge in [-0.3, -0.25) is 0 Å². The van der Waals surface area contributed by atoms with Gasteiger partial charge in [0.05, 0.1) is 12.4 Å². The molecule has 1 nitrogen and oxygen atoms in total. The Balaban J connectivity index is 3.66. The normalized spacial score (nSPS) is 12.2. The Labute approximate surface area is 106 Å². The molecule has 0 N–H and O–H groups in total. The minimum absolute atomic E-state index is 0.677. The molecule has 0 saturated carbocycles. The molecule has 0 aliphatic rings. The molecule has 0 amide bonds. The maximum Gasteiger partial charge on any atom is 0.0905 e. The maximum atomic E-state index is 5.67. The van der Waals surface area contributed by atoms with E-state index in [4.69, 9.17) is 4.74 Å². The smallest absolute Gasteiger partial charge is 0.0905 e. The second-order valence-electron chi connectivity index (χ2n) is 4.33. The SMILES string of the molecule is C=C(S)CCC(=C)OCC(CC)CCCC. The van der Waals surface area contributed by atoms with Crippen LogP contribution in [0.5, 0.6) is 0 Å². The first-order chi connectivity index (χ1) is 7.60. The molecule has 0 aromatic rings. The molecular formula is C14H26OS. The average molecular weight is 242 g/mol. The van der Waals surface area contributed by atoms with E-state index in [2.05, 4.69) is 39.6 Å². The van der Waals surface area contributed by atoms with Crippen molar-refractivity contribution in [3.8, 4) is 0 Å². The van der Waals surface area contributed by atoms with Crippen LogP contribution < -0.4 is 0 Å². The van der Waals surface area contributed by atoms with Crippen molar-refractivity contribution >= 4 is 12.6 Å². The fraction of sp³-hybridized carbons (Fsp3) is 0.714. The number of ether oxygens (including phenoxy) is 1. The molecule has 0 fully saturated rings. The molecule has 0 heterocycles. The van der Waals surface area contributed by atoms with Gasteiger partial charge in [-0.15, -0.1) is 12.6 Å². The van der Waals surface area contributed by atoms with E-state index in [-0.39, 0.29) is 0 Å². The highest BCUT2D eigenvalue weighted by atomic mass is 32.1. The maximum absolute atomic E-state index is 5.67. The summed E-state index contributed by atoms with van der Waals surface area (Å²) in [6.07, 6.45) is 6.70. The highest BCUT2D eigenvalue weighted by molar-refractivity contribution is 7.84. The zero-order valence-corrected chi connectivity index (χ0v) is 11.7. The molecule has 0 aliphatic carbocycles. The Hall–Kier alpha value is -0.370. The van der Waals surface area contributed by atoms with Crippen molar-refractivity contribution in [2.24, 2.45) is 5.92 Å². The number of rotatable bonds is 10. The summed E-state index contributed by atoms with van der Waals surface area (Å²) in [6.45, 7) is 12.9. The summed E-state index contributed by atoms with van der Waals surface area (Å²) in [7, 11) is 0. The third-order valence-corrected chi connectivity index (χ3v) is 2.98. The summed E-state index contributed by atoms with van der Waals surface area (Å²) < 4.78 is 5.67. The first-order valence-corrected chi connectivity index (χ1v) is 6.72. The van der Waals surface area contributed by atoms with Gasteiger partial charge in [0.2, 0.25) is 0 Å². The lowest BCUT2D eigenvalue weighted by Gasteiger charge is -2.16. The molecule has 16 heavy (non-hydrogen) atoms. The molecule has 1 atom stereocenters. The van der Waals surface area contributed by atoms with E-state index in [1.165, 1.54) is 25.7 Å². The lowest BCUT2D eigenvalue weighted by atomic mass is 10.0. The lowest BCUT2D eigenvalue weighted by molar-refractivity contribution is 0.150. The van der Waals surface area contributed by atoms with Crippen LogP contribution in [-0.2, 0) is 4.74 Å². The fourth-order valence-corrected chi connectivity index (χ4v) is 1.60. The van der Waals surface area contributed by atoms with Crippen LogP contribution in [-0.4, -0.2) is 6.61 Å². The van der Waals surface area contributed by atoms with Crippen molar-refractivity contribution in [3.05, 3.63) is 23.8 Å². The first kappa shape index (κ1) is 15.6. The molecule has 1 unspecified atom stereocenters. The monoisotopic (exact) mass is 242 g/mol. The third kappa shape index (κ3) is 8.90. The minimum Gasteiger partial charge on any atom is -0.498 e. The molecule has 0 aromatic carbocycles. The number of thiol groups is 1. The van der Waals surface area contributed by atoms with Crippen molar-refractivity contribution in [2.45, 2.75) is 52.4 Å². The van der Waals surface area contributed by atoms with E-state index >= 15 is 0 Å². The summed E-state index contributed by atoms with van der Waals surface area (Å²) in [5.74, 6) is 1.54. The second kappa shape index (κ2) is 9.83. The van der Waals surface area contributed by atoms with Gasteiger partial charge in [0, 0.05) is 6.42 Å². The number of hydrogen-bond donors (Lipinski definition) is 1. The van der Waals surface area contributed by atoms with Crippen LogP contribution in [0.3, 0.4) is 0 Å². The van der Waals surface area contributed by atoms with Gasteiger partial charge >= 0.3 is 0 Å². The molecule has 94 valence electrons. The Morgan fingerprint density at radius 1 is 1.25 bits per heavy atom. The predicted octanol–water partition coefficient (Wildman–Crippen LogP) is 4.96. The topological polar surface area (TPSA) is 9.23 Å². The average Bonchev–Trinajstić information content (AvgIpc) is 2.26. The largest absolute Gasteiger partial charge is 0.498 e. The Morgan fingerprint density at radius 3 is 2.44 bits per heavy atom. The van der Waals surface area contributed by atoms with Crippen molar-refractivity contribution in [1.29, 1.82) is 0 Å². The molecule has 2 heteroatoms. The molecule has 0 aromatic heterocycles. The van der Waals surface area contributed by atoms with Crippen LogP contribution in [0.2, 0.25) is 0 Å². The van der Waals surface area contributed by atoms with E-state index in [0.717, 1.165) is 30.1 Å². The molecule has 0 bridgehead atoms. The van der Waals surface area contributed by atoms with Crippen LogP contribution in [0.25, 0.3) is 0 Å². The number of hydrogen-bond acceptors (Lipinski definition) is 2. The van der Waals surface area contributed by atoms with E-state index in [1.54, 1.807) is 0 Å². The molecule has 0 spiro atoms. The molecule has 0 aliphatic heterocycles. The van der Waals surface area contributed by atoms with Gasteiger partial charge in [-0.05, 0) is 23.7 Å². The van der Waals surface area contributed by atoms with Gasteiger partial charge in [0.15, 0.2) is 0 Å². The highest BCUT2D eigenvalue weighted by Gasteiger charge is 2.07. The van der Waals surface area contributed by atoms with E-state index in [9.17, 15) is 0 Å². The summed E-state index contributed by atoms with van der Waals surface area (Å²) in [6, 6.07) is 0. The van der Waals surface area contributed by atoms with E-state index < -0.39 is 0 Å². The summed E-state index contributed by atoms with van der Waals surface area (Å²) in [5.41, 5.74) is 0. The van der Waals surface area contributed by atoms with Gasteiger partial charge in [0.1, 0.15) is 0 Å². The Morgan fingerprint density at radius 2 is 1.94 bits per heavy atom. The Kier molecular flexibility index (Phi) is 9.60. The minimum atomic E-state index is 0.677. The summed E-state index contributed by atoms with van der Waals surface area (Å²) in [5, 5.41) is 0. The zero-order chi connectivity index (χ0) is 12.4. The molecule has 0 radical (unpaired) electrons. The second-order valence-corrected chi connectivity index (χ2v) is 4.96. The lowest BCUT2D eigenvalue weighted by Crippen LogP contribution is -2.08. The third-order valence-electron chi connectivity index (χ3n) is 2.76. The fourth-order valence-electron chi connectivity index (χ4n) is 1.49. The van der Waals surface area contributed by atoms with Crippen LogP contribution >= 0.6 is 12.6 Å². The van der Waals surface area contributed by atoms with Crippen LogP contribution in [0, 0.1) is 5.92 Å². The number of unbranched alkanes of at least 4 members (excludes halogenated alkanes) is 1. The van der Waals surface area contributed by atoms with Crippen molar-refractivity contribution < 1.29 is 4.74 Å². The highest BCUT2D eigenvalue weighted by Crippen LogP contribution is 2.17. The van der Waals surface area contributed by atoms with Crippen molar-refractivity contribution in [3.63, 3.8) is 0 Å². The van der Waals surface area contributed by atoms with Gasteiger partial charge in [0.25, 0.3) is 0 Å². The quantitative estimate of drug-likeness (QED) is 0.421. The van der Waals surface area contributed by atoms with Crippen LogP contribution in [0.4, 0.5) is 0 Å². The molecule has 0 saturated heterocycles. The standard InChI is InChI=1S/C14H26OS/c1-5-7-8-14(6-2)11-15-12(3)9-10-13(4)16/h14,16H,3-11H2,1-2H3. The van der Waals surface area contributed by atoms with Gasteiger partial charge in [-0.25, -0.2) is 0 Å². The Bertz CT molecular complexity index is 211. The predicted molar refractivity (Wildman–Crippen MR) is 75.8 cm³/mol. The number of allylic oxidation sites excluding steroid dienone is 2. The zero-order valence-electron chi connectivity index (χ0n) is 10.8. The van der Waals surface area contributed by atoms with E-state index in [1.807, 2.05) is 0 Å². The molecule has 0 rings (SSSR count). The van der Waals surface area contributed by atoms with Crippen LogP contribution in [0.15, 0.2) is 23.8 Å². The van der Waals surface area contributed by atoms with Crippen molar-refractivity contribution in [1.82, 2.24) is 0 Å². The van der Waals surface area contributed by atoms with Gasteiger partial charge < -0.3 is 4.74 Å². The van der Waals surface area contributed by atoms with Crippen molar-refractivity contribution in [2.75, 3.05) is 6.61 Å².